The first kappa shape index (κ1) is 14.3. The molecule has 94 valence electrons. The van der Waals surface area contributed by atoms with E-state index in [1.165, 1.54) is 16.4 Å². The summed E-state index contributed by atoms with van der Waals surface area (Å²) in [5.41, 5.74) is 0. The highest BCUT2D eigenvalue weighted by Gasteiger charge is 2.24. The van der Waals surface area contributed by atoms with Crippen molar-refractivity contribution in [3.63, 3.8) is 0 Å². The highest BCUT2D eigenvalue weighted by molar-refractivity contribution is 9.10. The van der Waals surface area contributed by atoms with Crippen LogP contribution in [0.25, 0.3) is 0 Å². The van der Waals surface area contributed by atoms with Gasteiger partial charge in [0.2, 0.25) is 10.0 Å². The van der Waals surface area contributed by atoms with E-state index in [-0.39, 0.29) is 15.9 Å². The fourth-order valence-electron chi connectivity index (χ4n) is 1.36. The van der Waals surface area contributed by atoms with Crippen LogP contribution in [0.1, 0.15) is 6.92 Å². The number of halogens is 2. The molecule has 17 heavy (non-hydrogen) atoms. The van der Waals surface area contributed by atoms with Crippen LogP contribution >= 0.6 is 15.9 Å². The van der Waals surface area contributed by atoms with E-state index in [1.807, 2.05) is 0 Å². The molecule has 0 saturated carbocycles. The Morgan fingerprint density at radius 2 is 2.18 bits per heavy atom. The van der Waals surface area contributed by atoms with Crippen LogP contribution in [0.2, 0.25) is 0 Å². The molecule has 0 atom stereocenters. The predicted molar refractivity (Wildman–Crippen MR) is 68.7 cm³/mol. The Balaban J connectivity index is 3.24. The number of sulfonamides is 1. The quantitative estimate of drug-likeness (QED) is 0.782. The molecule has 0 aromatic heterocycles. The van der Waals surface area contributed by atoms with Crippen molar-refractivity contribution in [3.8, 4) is 0 Å². The van der Waals surface area contributed by atoms with Crippen LogP contribution in [0, 0.1) is 5.82 Å². The average Bonchev–Trinajstić information content (AvgIpc) is 2.24. The maximum atomic E-state index is 12.9. The van der Waals surface area contributed by atoms with Gasteiger partial charge in [0.25, 0.3) is 0 Å². The van der Waals surface area contributed by atoms with Crippen molar-refractivity contribution >= 4 is 26.0 Å². The average molecular weight is 322 g/mol. The lowest BCUT2D eigenvalue weighted by Gasteiger charge is -2.19. The molecule has 0 amide bonds. The molecular weight excluding hydrogens is 309 g/mol. The van der Waals surface area contributed by atoms with Crippen LogP contribution in [0.15, 0.2) is 40.2 Å². The number of rotatable bonds is 5. The third kappa shape index (κ3) is 3.14. The molecule has 0 unspecified atom stereocenters. The van der Waals surface area contributed by atoms with Crippen LogP contribution in [0.3, 0.4) is 0 Å². The lowest BCUT2D eigenvalue weighted by Crippen LogP contribution is -2.31. The molecule has 0 radical (unpaired) electrons. The first-order chi connectivity index (χ1) is 7.93. The summed E-state index contributed by atoms with van der Waals surface area (Å²) in [6.07, 6.45) is 1.51. The van der Waals surface area contributed by atoms with E-state index < -0.39 is 15.8 Å². The number of likely N-dealkylation sites (N-methyl/N-ethyl adjacent to an activating group) is 1. The van der Waals surface area contributed by atoms with E-state index in [0.717, 1.165) is 12.1 Å². The van der Waals surface area contributed by atoms with Crippen LogP contribution in [-0.4, -0.2) is 25.8 Å². The Kier molecular flexibility index (Phi) is 4.85. The van der Waals surface area contributed by atoms with Gasteiger partial charge in [-0.05, 0) is 34.1 Å². The summed E-state index contributed by atoms with van der Waals surface area (Å²) < 4.78 is 38.8. The molecule has 0 saturated heterocycles. The summed E-state index contributed by atoms with van der Waals surface area (Å²) in [5, 5.41) is 0. The minimum Gasteiger partial charge on any atom is -0.207 e. The van der Waals surface area contributed by atoms with Gasteiger partial charge in [-0.25, -0.2) is 12.8 Å². The topological polar surface area (TPSA) is 37.4 Å². The predicted octanol–water partition coefficient (Wildman–Crippen LogP) is 2.78. The molecule has 1 aromatic rings. The molecule has 0 aliphatic carbocycles. The zero-order chi connectivity index (χ0) is 13.1. The summed E-state index contributed by atoms with van der Waals surface area (Å²) in [7, 11) is -3.61. The summed E-state index contributed by atoms with van der Waals surface area (Å²) in [5.74, 6) is -0.484. The van der Waals surface area contributed by atoms with Gasteiger partial charge in [0, 0.05) is 17.6 Å². The monoisotopic (exact) mass is 321 g/mol. The Bertz CT molecular complexity index is 516. The highest BCUT2D eigenvalue weighted by Crippen LogP contribution is 2.25. The molecule has 0 spiro atoms. The number of hydrogen-bond donors (Lipinski definition) is 0. The smallest absolute Gasteiger partial charge is 0.207 e. The molecule has 6 heteroatoms. The lowest BCUT2D eigenvalue weighted by atomic mass is 10.3. The Labute approximate surface area is 109 Å². The second-order valence-electron chi connectivity index (χ2n) is 3.32. The maximum absolute atomic E-state index is 12.9. The summed E-state index contributed by atoms with van der Waals surface area (Å²) in [6, 6.07) is 3.51. The van der Waals surface area contributed by atoms with Crippen molar-refractivity contribution in [2.75, 3.05) is 13.1 Å². The first-order valence-corrected chi connectivity index (χ1v) is 7.23. The van der Waals surface area contributed by atoms with Crippen molar-refractivity contribution in [3.05, 3.63) is 41.1 Å². The Morgan fingerprint density at radius 3 is 2.65 bits per heavy atom. The van der Waals surface area contributed by atoms with Crippen LogP contribution in [0.4, 0.5) is 4.39 Å². The van der Waals surface area contributed by atoms with E-state index in [9.17, 15) is 12.8 Å². The third-order valence-corrected chi connectivity index (χ3v) is 5.11. The second-order valence-corrected chi connectivity index (χ2v) is 6.08. The normalized spacial score (nSPS) is 11.8. The zero-order valence-electron chi connectivity index (χ0n) is 9.36. The molecule has 0 aliphatic heterocycles. The summed E-state index contributed by atoms with van der Waals surface area (Å²) in [6.45, 7) is 5.81. The van der Waals surface area contributed by atoms with E-state index in [1.54, 1.807) is 6.92 Å². The van der Waals surface area contributed by atoms with Crippen molar-refractivity contribution in [1.29, 1.82) is 0 Å². The molecule has 0 fully saturated rings. The van der Waals surface area contributed by atoms with Gasteiger partial charge >= 0.3 is 0 Å². The standard InChI is InChI=1S/C11H13BrFNO2S/c1-3-7-14(4-2)17(15,16)11-6-5-9(13)8-10(11)12/h3,5-6,8H,1,4,7H2,2H3. The molecule has 0 N–H and O–H groups in total. The van der Waals surface area contributed by atoms with E-state index >= 15 is 0 Å². The van der Waals surface area contributed by atoms with Gasteiger partial charge < -0.3 is 0 Å². The van der Waals surface area contributed by atoms with Gasteiger partial charge in [-0.3, -0.25) is 0 Å². The van der Waals surface area contributed by atoms with Crippen LogP contribution in [-0.2, 0) is 10.0 Å². The summed E-state index contributed by atoms with van der Waals surface area (Å²) in [4.78, 5) is 0.0580. The van der Waals surface area contributed by atoms with Gasteiger partial charge in [0.15, 0.2) is 0 Å². The van der Waals surface area contributed by atoms with E-state index in [0.29, 0.717) is 6.54 Å². The lowest BCUT2D eigenvalue weighted by molar-refractivity contribution is 0.459. The molecule has 0 aliphatic rings. The van der Waals surface area contributed by atoms with Gasteiger partial charge in [-0.15, -0.1) is 6.58 Å². The largest absolute Gasteiger partial charge is 0.244 e. The summed E-state index contributed by atoms with van der Waals surface area (Å²) >= 11 is 3.06. The molecule has 3 nitrogen and oxygen atoms in total. The van der Waals surface area contributed by atoms with Gasteiger partial charge in [0.1, 0.15) is 5.82 Å². The van der Waals surface area contributed by atoms with Crippen molar-refractivity contribution in [1.82, 2.24) is 4.31 Å². The third-order valence-electron chi connectivity index (χ3n) is 2.20. The van der Waals surface area contributed by atoms with Crippen LogP contribution < -0.4 is 0 Å². The van der Waals surface area contributed by atoms with E-state index in [4.69, 9.17) is 0 Å². The molecular formula is C11H13BrFNO2S. The SMILES string of the molecule is C=CCN(CC)S(=O)(=O)c1ccc(F)cc1Br. The molecule has 1 aromatic carbocycles. The number of hydrogen-bond acceptors (Lipinski definition) is 2. The van der Waals surface area contributed by atoms with Gasteiger partial charge in [0.05, 0.1) is 4.90 Å². The minimum absolute atomic E-state index is 0.0580. The van der Waals surface area contributed by atoms with Crippen molar-refractivity contribution in [2.24, 2.45) is 0 Å². The Morgan fingerprint density at radius 1 is 1.53 bits per heavy atom. The van der Waals surface area contributed by atoms with Gasteiger partial charge in [-0.1, -0.05) is 13.0 Å². The van der Waals surface area contributed by atoms with Gasteiger partial charge in [-0.2, -0.15) is 4.31 Å². The molecule has 1 rings (SSSR count). The minimum atomic E-state index is -3.61. The number of benzene rings is 1. The zero-order valence-corrected chi connectivity index (χ0v) is 11.8. The molecule has 0 heterocycles. The fourth-order valence-corrected chi connectivity index (χ4v) is 3.79. The first-order valence-electron chi connectivity index (χ1n) is 4.99. The van der Waals surface area contributed by atoms with E-state index in [2.05, 4.69) is 22.5 Å². The number of nitrogens with zero attached hydrogens (tertiary/aromatic N) is 1. The van der Waals surface area contributed by atoms with Crippen molar-refractivity contribution < 1.29 is 12.8 Å². The second kappa shape index (κ2) is 5.75. The maximum Gasteiger partial charge on any atom is 0.244 e. The fraction of sp³-hybridized carbons (Fsp3) is 0.273. The van der Waals surface area contributed by atoms with Crippen molar-refractivity contribution in [2.45, 2.75) is 11.8 Å². The Hall–Kier alpha value is -0.720. The highest BCUT2D eigenvalue weighted by atomic mass is 79.9. The molecule has 0 bridgehead atoms. The van der Waals surface area contributed by atoms with Crippen LogP contribution in [0.5, 0.6) is 0 Å².